The highest BCUT2D eigenvalue weighted by Gasteiger charge is 2.66. The molecule has 3 fully saturated rings. The molecule has 2 heteroatoms. The minimum atomic E-state index is -0.0536. The van der Waals surface area contributed by atoms with Gasteiger partial charge in [-0.25, -0.2) is 4.39 Å². The van der Waals surface area contributed by atoms with Crippen LogP contribution in [0.3, 0.4) is 0 Å². The van der Waals surface area contributed by atoms with Gasteiger partial charge in [-0.05, 0) is 48.1 Å². The summed E-state index contributed by atoms with van der Waals surface area (Å²) in [5.41, 5.74) is 1.71. The lowest BCUT2D eigenvalue weighted by Gasteiger charge is -2.71. The second-order valence-corrected chi connectivity index (χ2v) is 5.70. The van der Waals surface area contributed by atoms with E-state index in [-0.39, 0.29) is 5.82 Å². The summed E-state index contributed by atoms with van der Waals surface area (Å²) < 4.78 is 13.4. The Kier molecular flexibility index (Phi) is 1.91. The molecule has 15 heavy (non-hydrogen) atoms. The minimum Gasteiger partial charge on any atom is -0.207 e. The second kappa shape index (κ2) is 2.98. The molecule has 1 aromatic carbocycles. The van der Waals surface area contributed by atoms with Crippen LogP contribution in [0.2, 0.25) is 0 Å². The number of alkyl halides is 1. The number of hydrogen-bond acceptors (Lipinski definition) is 0. The van der Waals surface area contributed by atoms with Gasteiger partial charge in [-0.15, -0.1) is 11.6 Å². The first kappa shape index (κ1) is 9.65. The van der Waals surface area contributed by atoms with Gasteiger partial charge in [0.1, 0.15) is 5.82 Å². The summed E-state index contributed by atoms with van der Waals surface area (Å²) in [5.74, 6) is 0.730. The standard InChI is InChI=1S/C13H14ClF/c14-9-13-6-12(7-13,8-13)5-10-3-1-2-4-11(10)15/h1-4H,5-9H2. The maximum absolute atomic E-state index is 13.4. The number of benzene rings is 1. The highest BCUT2D eigenvalue weighted by atomic mass is 35.5. The third kappa shape index (κ3) is 1.32. The Labute approximate surface area is 94.4 Å². The van der Waals surface area contributed by atoms with Gasteiger partial charge in [-0.2, -0.15) is 0 Å². The molecule has 0 aliphatic heterocycles. The molecule has 0 aromatic heterocycles. The average molecular weight is 225 g/mol. The van der Waals surface area contributed by atoms with Crippen LogP contribution in [0.1, 0.15) is 24.8 Å². The maximum atomic E-state index is 13.4. The van der Waals surface area contributed by atoms with Crippen molar-refractivity contribution in [2.75, 3.05) is 5.88 Å². The topological polar surface area (TPSA) is 0 Å². The van der Waals surface area contributed by atoms with Crippen LogP contribution >= 0.6 is 11.6 Å². The minimum absolute atomic E-state index is 0.0536. The SMILES string of the molecule is Fc1ccccc1CC12CC(CCl)(C1)C2. The van der Waals surface area contributed by atoms with Gasteiger partial charge in [0, 0.05) is 5.88 Å². The van der Waals surface area contributed by atoms with Crippen LogP contribution in [-0.4, -0.2) is 5.88 Å². The Balaban J connectivity index is 1.72. The summed E-state index contributed by atoms with van der Waals surface area (Å²) in [6.07, 6.45) is 4.52. The molecule has 3 aliphatic carbocycles. The molecule has 0 saturated heterocycles. The predicted molar refractivity (Wildman–Crippen MR) is 59.5 cm³/mol. The number of hydrogen-bond donors (Lipinski definition) is 0. The molecule has 2 bridgehead atoms. The van der Waals surface area contributed by atoms with Crippen LogP contribution in [0, 0.1) is 16.6 Å². The lowest BCUT2D eigenvalue weighted by Crippen LogP contribution is -2.63. The number of rotatable bonds is 3. The first-order valence-corrected chi connectivity index (χ1v) is 6.00. The van der Waals surface area contributed by atoms with E-state index in [0.717, 1.165) is 17.9 Å². The Bertz CT molecular complexity index is 380. The Morgan fingerprint density at radius 2 is 1.80 bits per heavy atom. The van der Waals surface area contributed by atoms with Crippen molar-refractivity contribution in [3.8, 4) is 0 Å². The van der Waals surface area contributed by atoms with Gasteiger partial charge in [-0.3, -0.25) is 0 Å². The molecule has 0 spiro atoms. The highest BCUT2D eigenvalue weighted by molar-refractivity contribution is 6.18. The third-order valence-electron chi connectivity index (χ3n) is 4.06. The molecule has 0 atom stereocenters. The summed E-state index contributed by atoms with van der Waals surface area (Å²) in [6, 6.07) is 7.13. The van der Waals surface area contributed by atoms with Gasteiger partial charge < -0.3 is 0 Å². The van der Waals surface area contributed by atoms with Gasteiger partial charge in [0.25, 0.3) is 0 Å². The summed E-state index contributed by atoms with van der Waals surface area (Å²) in [4.78, 5) is 0. The summed E-state index contributed by atoms with van der Waals surface area (Å²) in [6.45, 7) is 0. The summed E-state index contributed by atoms with van der Waals surface area (Å²) >= 11 is 5.90. The molecule has 0 N–H and O–H groups in total. The van der Waals surface area contributed by atoms with Crippen LogP contribution in [0.5, 0.6) is 0 Å². The molecule has 3 aliphatic rings. The molecule has 4 rings (SSSR count). The molecule has 0 unspecified atom stereocenters. The fourth-order valence-electron chi connectivity index (χ4n) is 3.61. The van der Waals surface area contributed by atoms with Gasteiger partial charge in [0.2, 0.25) is 0 Å². The predicted octanol–water partition coefficient (Wildman–Crippen LogP) is 3.78. The van der Waals surface area contributed by atoms with Crippen LogP contribution < -0.4 is 0 Å². The van der Waals surface area contributed by atoms with Crippen molar-refractivity contribution in [3.63, 3.8) is 0 Å². The van der Waals surface area contributed by atoms with E-state index < -0.39 is 0 Å². The second-order valence-electron chi connectivity index (χ2n) is 5.43. The molecule has 0 amide bonds. The number of halogens is 2. The third-order valence-corrected chi connectivity index (χ3v) is 4.62. The van der Waals surface area contributed by atoms with Crippen molar-refractivity contribution in [2.24, 2.45) is 10.8 Å². The van der Waals surface area contributed by atoms with E-state index in [4.69, 9.17) is 11.6 Å². The van der Waals surface area contributed by atoms with Crippen molar-refractivity contribution >= 4 is 11.6 Å². The van der Waals surface area contributed by atoms with Crippen molar-refractivity contribution in [1.29, 1.82) is 0 Å². The van der Waals surface area contributed by atoms with Crippen molar-refractivity contribution in [2.45, 2.75) is 25.7 Å². The Hall–Kier alpha value is -0.560. The lowest BCUT2D eigenvalue weighted by atomic mass is 9.34. The quantitative estimate of drug-likeness (QED) is 0.686. The van der Waals surface area contributed by atoms with Gasteiger partial charge >= 0.3 is 0 Å². The van der Waals surface area contributed by atoms with E-state index in [9.17, 15) is 4.39 Å². The zero-order valence-electron chi connectivity index (χ0n) is 8.60. The monoisotopic (exact) mass is 224 g/mol. The van der Waals surface area contributed by atoms with E-state index in [2.05, 4.69) is 0 Å². The molecule has 3 saturated carbocycles. The van der Waals surface area contributed by atoms with Crippen LogP contribution in [0.15, 0.2) is 24.3 Å². The van der Waals surface area contributed by atoms with Crippen molar-refractivity contribution < 1.29 is 4.39 Å². The Morgan fingerprint density at radius 1 is 1.13 bits per heavy atom. The summed E-state index contributed by atoms with van der Waals surface area (Å²) in [7, 11) is 0. The van der Waals surface area contributed by atoms with Crippen molar-refractivity contribution in [3.05, 3.63) is 35.6 Å². The molecular formula is C13H14ClF. The van der Waals surface area contributed by atoms with E-state index in [0.29, 0.717) is 10.8 Å². The smallest absolute Gasteiger partial charge is 0.126 e. The van der Waals surface area contributed by atoms with Crippen LogP contribution in [-0.2, 0) is 6.42 Å². The molecule has 0 radical (unpaired) electrons. The van der Waals surface area contributed by atoms with E-state index in [1.807, 2.05) is 12.1 Å². The molecule has 0 nitrogen and oxygen atoms in total. The first-order valence-electron chi connectivity index (χ1n) is 5.47. The molecular weight excluding hydrogens is 211 g/mol. The fourth-order valence-corrected chi connectivity index (χ4v) is 3.89. The van der Waals surface area contributed by atoms with Gasteiger partial charge in [0.05, 0.1) is 0 Å². The lowest BCUT2D eigenvalue weighted by molar-refractivity contribution is -0.186. The largest absolute Gasteiger partial charge is 0.207 e. The van der Waals surface area contributed by atoms with E-state index >= 15 is 0 Å². The maximum Gasteiger partial charge on any atom is 0.126 e. The van der Waals surface area contributed by atoms with Crippen molar-refractivity contribution in [1.82, 2.24) is 0 Å². The fraction of sp³-hybridized carbons (Fsp3) is 0.538. The molecule has 80 valence electrons. The summed E-state index contributed by atoms with van der Waals surface area (Å²) in [5, 5.41) is 0. The van der Waals surface area contributed by atoms with Crippen LogP contribution in [0.25, 0.3) is 0 Å². The zero-order valence-corrected chi connectivity index (χ0v) is 9.36. The zero-order chi connectivity index (χ0) is 10.5. The van der Waals surface area contributed by atoms with E-state index in [1.54, 1.807) is 12.1 Å². The first-order chi connectivity index (χ1) is 7.17. The highest BCUT2D eigenvalue weighted by Crippen LogP contribution is 2.74. The molecule has 0 heterocycles. The average Bonchev–Trinajstić information content (AvgIpc) is 2.11. The molecule has 1 aromatic rings. The normalized spacial score (nSPS) is 36.9. The van der Waals surface area contributed by atoms with Gasteiger partial charge in [-0.1, -0.05) is 18.2 Å². The van der Waals surface area contributed by atoms with Crippen LogP contribution in [0.4, 0.5) is 4.39 Å². The Morgan fingerprint density at radius 3 is 2.40 bits per heavy atom. The van der Waals surface area contributed by atoms with E-state index in [1.165, 1.54) is 19.3 Å². The van der Waals surface area contributed by atoms with Gasteiger partial charge in [0.15, 0.2) is 0 Å².